The number of nitrogens with one attached hydrogen (secondary N) is 2. The number of piperidine rings is 1. The molecular formula is C10H17N5O3S. The monoisotopic (exact) mass is 287 g/mol. The van der Waals surface area contributed by atoms with Crippen molar-refractivity contribution in [2.24, 2.45) is 5.92 Å². The van der Waals surface area contributed by atoms with Crippen LogP contribution in [0.1, 0.15) is 18.7 Å². The minimum atomic E-state index is -3.16. The summed E-state index contributed by atoms with van der Waals surface area (Å²) in [7, 11) is -3.16. The van der Waals surface area contributed by atoms with E-state index in [0.29, 0.717) is 31.8 Å². The van der Waals surface area contributed by atoms with Crippen LogP contribution in [0.5, 0.6) is 0 Å². The molecule has 2 N–H and O–H groups in total. The van der Waals surface area contributed by atoms with Gasteiger partial charge in [0.15, 0.2) is 0 Å². The van der Waals surface area contributed by atoms with E-state index >= 15 is 0 Å². The normalized spacial score (nSPS) is 18.4. The second kappa shape index (κ2) is 5.25. The summed E-state index contributed by atoms with van der Waals surface area (Å²) in [6, 6.07) is 0. The molecule has 0 radical (unpaired) electrons. The van der Waals surface area contributed by atoms with Crippen LogP contribution in [0.2, 0.25) is 0 Å². The van der Waals surface area contributed by atoms with E-state index in [4.69, 9.17) is 0 Å². The highest BCUT2D eigenvalue weighted by atomic mass is 32.2. The van der Waals surface area contributed by atoms with Gasteiger partial charge in [0.25, 0.3) is 0 Å². The van der Waals surface area contributed by atoms with Crippen molar-refractivity contribution in [3.8, 4) is 0 Å². The molecule has 8 nitrogen and oxygen atoms in total. The number of nitrogens with zero attached hydrogens (tertiary/aromatic N) is 3. The van der Waals surface area contributed by atoms with Gasteiger partial charge in [0.2, 0.25) is 21.9 Å². The predicted molar refractivity (Wildman–Crippen MR) is 68.9 cm³/mol. The Kier molecular flexibility index (Phi) is 3.85. The minimum Gasteiger partial charge on any atom is -0.293 e. The van der Waals surface area contributed by atoms with Crippen molar-refractivity contribution in [2.45, 2.75) is 19.8 Å². The maximum atomic E-state index is 12.0. The number of aromatic nitrogens is 3. The standard InChI is InChI=1S/C10H17N5O3S/c1-7-11-10(14-13-7)12-9(16)8-3-5-15(6-4-8)19(2,17)18/h8H,3-6H2,1-2H3,(H2,11,12,13,14,16). The molecule has 0 unspecified atom stereocenters. The van der Waals surface area contributed by atoms with E-state index < -0.39 is 10.0 Å². The molecule has 0 atom stereocenters. The second-order valence-electron chi connectivity index (χ2n) is 4.67. The number of hydrogen-bond donors (Lipinski definition) is 2. The van der Waals surface area contributed by atoms with E-state index in [0.717, 1.165) is 0 Å². The van der Waals surface area contributed by atoms with Crippen LogP contribution < -0.4 is 5.32 Å². The van der Waals surface area contributed by atoms with Crippen molar-refractivity contribution in [3.05, 3.63) is 5.82 Å². The third-order valence-electron chi connectivity index (χ3n) is 3.13. The summed E-state index contributed by atoms with van der Waals surface area (Å²) in [5.41, 5.74) is 0. The summed E-state index contributed by atoms with van der Waals surface area (Å²) in [5.74, 6) is 0.527. The van der Waals surface area contributed by atoms with Gasteiger partial charge in [-0.15, -0.1) is 5.10 Å². The van der Waals surface area contributed by atoms with Crippen molar-refractivity contribution in [3.63, 3.8) is 0 Å². The average molecular weight is 287 g/mol. The van der Waals surface area contributed by atoms with Gasteiger partial charge in [0.05, 0.1) is 6.26 Å². The van der Waals surface area contributed by atoms with Crippen LogP contribution in [0.4, 0.5) is 5.95 Å². The molecule has 1 aromatic rings. The number of amides is 1. The fourth-order valence-electron chi connectivity index (χ4n) is 2.06. The summed E-state index contributed by atoms with van der Waals surface area (Å²) in [6.07, 6.45) is 2.22. The third-order valence-corrected chi connectivity index (χ3v) is 4.43. The quantitative estimate of drug-likeness (QED) is 0.795. The highest BCUT2D eigenvalue weighted by Crippen LogP contribution is 2.20. The molecule has 0 aromatic carbocycles. The fourth-order valence-corrected chi connectivity index (χ4v) is 2.93. The summed E-state index contributed by atoms with van der Waals surface area (Å²) >= 11 is 0. The van der Waals surface area contributed by atoms with Crippen molar-refractivity contribution in [1.29, 1.82) is 0 Å². The van der Waals surface area contributed by atoms with Gasteiger partial charge < -0.3 is 0 Å². The van der Waals surface area contributed by atoms with E-state index in [1.54, 1.807) is 6.92 Å². The number of anilines is 1. The average Bonchev–Trinajstić information content (AvgIpc) is 2.74. The first kappa shape index (κ1) is 13.9. The van der Waals surface area contributed by atoms with Gasteiger partial charge >= 0.3 is 0 Å². The predicted octanol–water partition coefficient (Wildman–Crippen LogP) is -0.277. The number of aromatic amines is 1. The molecule has 9 heteroatoms. The van der Waals surface area contributed by atoms with Gasteiger partial charge in [-0.1, -0.05) is 0 Å². The maximum Gasteiger partial charge on any atom is 0.248 e. The molecule has 106 valence electrons. The summed E-state index contributed by atoms with van der Waals surface area (Å²) in [5, 5.41) is 9.10. The molecular weight excluding hydrogens is 270 g/mol. The molecule has 19 heavy (non-hydrogen) atoms. The molecule has 2 rings (SSSR count). The number of carbonyl (C=O) groups is 1. The first-order valence-corrected chi connectivity index (χ1v) is 7.86. The van der Waals surface area contributed by atoms with Crippen LogP contribution >= 0.6 is 0 Å². The lowest BCUT2D eigenvalue weighted by Gasteiger charge is -2.29. The van der Waals surface area contributed by atoms with Gasteiger partial charge in [-0.3, -0.25) is 15.2 Å². The fraction of sp³-hybridized carbons (Fsp3) is 0.700. The second-order valence-corrected chi connectivity index (χ2v) is 6.65. The van der Waals surface area contributed by atoms with Gasteiger partial charge in [-0.05, 0) is 19.8 Å². The van der Waals surface area contributed by atoms with E-state index in [1.807, 2.05) is 0 Å². The Morgan fingerprint density at radius 3 is 2.53 bits per heavy atom. The number of rotatable bonds is 3. The maximum absolute atomic E-state index is 12.0. The Balaban J connectivity index is 1.89. The van der Waals surface area contributed by atoms with Gasteiger partial charge in [-0.2, -0.15) is 4.98 Å². The Bertz CT molecular complexity index is 559. The van der Waals surface area contributed by atoms with E-state index in [9.17, 15) is 13.2 Å². The zero-order valence-electron chi connectivity index (χ0n) is 10.9. The minimum absolute atomic E-state index is 0.160. The Morgan fingerprint density at radius 2 is 2.05 bits per heavy atom. The highest BCUT2D eigenvalue weighted by molar-refractivity contribution is 7.88. The number of sulfonamides is 1. The van der Waals surface area contributed by atoms with Crippen LogP contribution in [0, 0.1) is 12.8 Å². The zero-order chi connectivity index (χ0) is 14.0. The molecule has 1 fully saturated rings. The lowest BCUT2D eigenvalue weighted by molar-refractivity contribution is -0.121. The molecule has 0 bridgehead atoms. The van der Waals surface area contributed by atoms with Gasteiger partial charge in [0, 0.05) is 19.0 Å². The number of carbonyl (C=O) groups excluding carboxylic acids is 1. The number of hydrogen-bond acceptors (Lipinski definition) is 5. The van der Waals surface area contributed by atoms with Crippen LogP contribution in [-0.4, -0.2) is 53.2 Å². The van der Waals surface area contributed by atoms with Crippen LogP contribution in [0.25, 0.3) is 0 Å². The number of H-pyrrole nitrogens is 1. The van der Waals surface area contributed by atoms with Crippen molar-refractivity contribution >= 4 is 21.9 Å². The first-order chi connectivity index (χ1) is 8.86. The van der Waals surface area contributed by atoms with E-state index in [-0.39, 0.29) is 17.8 Å². The topological polar surface area (TPSA) is 108 Å². The van der Waals surface area contributed by atoms with Gasteiger partial charge in [0.1, 0.15) is 5.82 Å². The molecule has 1 aromatic heterocycles. The van der Waals surface area contributed by atoms with Crippen LogP contribution in [0.3, 0.4) is 0 Å². The third kappa shape index (κ3) is 3.51. The largest absolute Gasteiger partial charge is 0.293 e. The highest BCUT2D eigenvalue weighted by Gasteiger charge is 2.29. The van der Waals surface area contributed by atoms with Crippen LogP contribution in [-0.2, 0) is 14.8 Å². The molecule has 1 aliphatic rings. The lowest BCUT2D eigenvalue weighted by atomic mass is 9.97. The van der Waals surface area contributed by atoms with E-state index in [1.165, 1.54) is 10.6 Å². The lowest BCUT2D eigenvalue weighted by Crippen LogP contribution is -2.41. The summed E-state index contributed by atoms with van der Waals surface area (Å²) in [4.78, 5) is 16.0. The van der Waals surface area contributed by atoms with Crippen molar-refractivity contribution < 1.29 is 13.2 Å². The van der Waals surface area contributed by atoms with Crippen molar-refractivity contribution in [1.82, 2.24) is 19.5 Å². The van der Waals surface area contributed by atoms with Crippen molar-refractivity contribution in [2.75, 3.05) is 24.7 Å². The summed E-state index contributed by atoms with van der Waals surface area (Å²) < 4.78 is 24.1. The zero-order valence-corrected chi connectivity index (χ0v) is 11.7. The molecule has 1 amide bonds. The molecule has 0 saturated carbocycles. The van der Waals surface area contributed by atoms with E-state index in [2.05, 4.69) is 20.5 Å². The molecule has 2 heterocycles. The Morgan fingerprint density at radius 1 is 1.42 bits per heavy atom. The Labute approximate surface area is 111 Å². The molecule has 1 aliphatic heterocycles. The molecule has 0 spiro atoms. The number of aryl methyl sites for hydroxylation is 1. The smallest absolute Gasteiger partial charge is 0.248 e. The Hall–Kier alpha value is -1.48. The van der Waals surface area contributed by atoms with Gasteiger partial charge in [-0.25, -0.2) is 12.7 Å². The molecule has 1 saturated heterocycles. The first-order valence-electron chi connectivity index (χ1n) is 6.01. The molecule has 0 aliphatic carbocycles. The SMILES string of the molecule is Cc1nc(NC(=O)C2CCN(S(C)(=O)=O)CC2)n[nH]1. The van der Waals surface area contributed by atoms with Crippen LogP contribution in [0.15, 0.2) is 0 Å². The summed E-state index contributed by atoms with van der Waals surface area (Å²) in [6.45, 7) is 2.50.